The van der Waals surface area contributed by atoms with Crippen molar-refractivity contribution < 1.29 is 0 Å². The molecule has 0 amide bonds. The molecule has 0 saturated carbocycles. The van der Waals surface area contributed by atoms with Crippen LogP contribution in [0.2, 0.25) is 0 Å². The Morgan fingerprint density at radius 2 is 1.33 bits per heavy atom. The first kappa shape index (κ1) is 10.7. The van der Waals surface area contributed by atoms with Crippen LogP contribution in [-0.2, 0) is 0 Å². The van der Waals surface area contributed by atoms with Crippen molar-refractivity contribution in [2.45, 2.75) is 4.90 Å². The van der Waals surface area contributed by atoms with Gasteiger partial charge in [0.25, 0.3) is 0 Å². The van der Waals surface area contributed by atoms with Gasteiger partial charge in [-0.25, -0.2) is 0 Å². The van der Waals surface area contributed by atoms with Gasteiger partial charge in [0.05, 0.1) is 0 Å². The van der Waals surface area contributed by atoms with Crippen LogP contribution < -0.4 is 0 Å². The summed E-state index contributed by atoms with van der Waals surface area (Å²) < 4.78 is 1.21. The fraction of sp³-hybridized carbons (Fsp3) is 0. The average molecular weight is 277 g/mol. The second-order valence-corrected chi connectivity index (χ2v) is 5.59. The summed E-state index contributed by atoms with van der Waals surface area (Å²) in [7, 11) is 0. The molecule has 0 nitrogen and oxygen atoms in total. The summed E-state index contributed by atoms with van der Waals surface area (Å²) in [4.78, 5) is 1.26. The molecule has 0 spiro atoms. The van der Waals surface area contributed by atoms with Gasteiger partial charge in [0.1, 0.15) is 0 Å². The van der Waals surface area contributed by atoms with Gasteiger partial charge in [0, 0.05) is 0 Å². The molecule has 0 radical (unpaired) electrons. The van der Waals surface area contributed by atoms with Gasteiger partial charge in [-0.2, -0.15) is 0 Å². The monoisotopic (exact) mass is 278 g/mol. The molecule has 0 atom stereocenters. The van der Waals surface area contributed by atoms with Crippen LogP contribution in [0, 0.1) is 0 Å². The number of hydrogen-bond donors (Lipinski definition) is 0. The summed E-state index contributed by atoms with van der Waals surface area (Å²) in [5.41, 5.74) is 1.24. The van der Waals surface area contributed by atoms with Crippen LogP contribution in [-0.4, -0.2) is 19.3 Å². The second kappa shape index (κ2) is 5.31. The van der Waals surface area contributed by atoms with Gasteiger partial charge in [-0.05, 0) is 0 Å². The van der Waals surface area contributed by atoms with Crippen LogP contribution >= 0.6 is 11.8 Å². The van der Waals surface area contributed by atoms with Gasteiger partial charge in [-0.1, -0.05) is 0 Å². The molecule has 2 rings (SSSR count). The minimum atomic E-state index is 1.21. The van der Waals surface area contributed by atoms with Crippen LogP contribution in [0.3, 0.4) is 0 Å². The Bertz CT molecular complexity index is 437. The molecule has 0 unspecified atom stereocenters. The number of benzene rings is 2. The Morgan fingerprint density at radius 1 is 0.800 bits per heavy atom. The van der Waals surface area contributed by atoms with E-state index in [-0.39, 0.29) is 0 Å². The van der Waals surface area contributed by atoms with Gasteiger partial charge in [-0.15, -0.1) is 0 Å². The third-order valence-corrected chi connectivity index (χ3v) is 3.91. The normalized spacial score (nSPS) is 9.87. The van der Waals surface area contributed by atoms with E-state index in [4.69, 9.17) is 0 Å². The van der Waals surface area contributed by atoms with E-state index in [1.165, 1.54) is 14.2 Å². The van der Waals surface area contributed by atoms with Crippen molar-refractivity contribution in [1.82, 2.24) is 0 Å². The maximum absolute atomic E-state index is 3.12. The van der Waals surface area contributed by atoms with Crippen molar-refractivity contribution in [3.8, 4) is 0 Å². The van der Waals surface area contributed by atoms with E-state index in [1.807, 2.05) is 12.1 Å². The van der Waals surface area contributed by atoms with Crippen LogP contribution in [0.25, 0.3) is 0 Å². The zero-order valence-corrected chi connectivity index (χ0v) is 10.6. The minimum absolute atomic E-state index is 1.21. The predicted octanol–water partition coefficient (Wildman–Crippen LogP) is 3.13. The van der Waals surface area contributed by atoms with Gasteiger partial charge < -0.3 is 0 Å². The molecule has 0 aromatic heterocycles. The molecule has 0 heterocycles. The van der Waals surface area contributed by atoms with E-state index in [0.29, 0.717) is 0 Å². The van der Waals surface area contributed by atoms with Crippen molar-refractivity contribution in [3.63, 3.8) is 0 Å². The Kier molecular flexibility index (Phi) is 3.79. The second-order valence-electron chi connectivity index (χ2n) is 3.07. The van der Waals surface area contributed by atoms with E-state index >= 15 is 0 Å². The Hall–Kier alpha value is -0.821. The molecule has 2 aromatic rings. The number of thioether (sulfide) groups is 1. The first-order valence-electron chi connectivity index (χ1n) is 4.68. The fourth-order valence-corrected chi connectivity index (χ4v) is 2.88. The van der Waals surface area contributed by atoms with Crippen LogP contribution in [0.1, 0.15) is 5.56 Å². The van der Waals surface area contributed by atoms with Crippen LogP contribution in [0.5, 0.6) is 0 Å². The molecule has 0 fully saturated rings. The Balaban J connectivity index is 2.12. The number of hydrogen-bond acceptors (Lipinski definition) is 1. The molecule has 0 aliphatic heterocycles. The fourth-order valence-electron chi connectivity index (χ4n) is 1.23. The molecule has 0 aliphatic carbocycles. The summed E-state index contributed by atoms with van der Waals surface area (Å²) in [6.45, 7) is 0. The molecular weight excluding hydrogens is 267 g/mol. The third kappa shape index (κ3) is 3.07. The van der Waals surface area contributed by atoms with Crippen LogP contribution in [0.15, 0.2) is 65.6 Å². The average Bonchev–Trinajstić information content (AvgIpc) is 2.31. The topological polar surface area (TPSA) is 0 Å². The molecule has 0 aliphatic rings. The van der Waals surface area contributed by atoms with Crippen molar-refractivity contribution in [1.29, 1.82) is 0 Å². The molecule has 74 valence electrons. The van der Waals surface area contributed by atoms with Gasteiger partial charge in [0.15, 0.2) is 0 Å². The van der Waals surface area contributed by atoms with E-state index in [1.54, 1.807) is 11.8 Å². The summed E-state index contributed by atoms with van der Waals surface area (Å²) in [5, 5.41) is 0. The molecule has 0 saturated heterocycles. The molecule has 0 bridgehead atoms. The zero-order valence-electron chi connectivity index (χ0n) is 8.09. The first-order valence-corrected chi connectivity index (χ1v) is 6.36. The van der Waals surface area contributed by atoms with Gasteiger partial charge in [-0.3, -0.25) is 0 Å². The van der Waals surface area contributed by atoms with E-state index in [0.717, 1.165) is 0 Å². The van der Waals surface area contributed by atoms with Crippen molar-refractivity contribution in [3.05, 3.63) is 66.2 Å². The summed E-state index contributed by atoms with van der Waals surface area (Å²) >= 11 is 4.88. The van der Waals surface area contributed by atoms with Gasteiger partial charge in [0.2, 0.25) is 0 Å². The van der Waals surface area contributed by atoms with E-state index < -0.39 is 0 Å². The van der Waals surface area contributed by atoms with E-state index in [9.17, 15) is 0 Å². The third-order valence-electron chi connectivity index (χ3n) is 1.96. The predicted molar refractivity (Wildman–Crippen MR) is 68.6 cm³/mol. The summed E-state index contributed by atoms with van der Waals surface area (Å²) in [6, 6.07) is 20.7. The van der Waals surface area contributed by atoms with Crippen molar-refractivity contribution in [2.24, 2.45) is 0 Å². The number of rotatable bonds is 3. The van der Waals surface area contributed by atoms with Crippen molar-refractivity contribution in [2.75, 3.05) is 0 Å². The quantitative estimate of drug-likeness (QED) is 0.613. The summed E-state index contributed by atoms with van der Waals surface area (Å²) in [5.74, 6) is 0. The summed E-state index contributed by atoms with van der Waals surface area (Å²) in [6.07, 6.45) is 0. The molecule has 2 heteroatoms. The first-order chi connectivity index (χ1) is 7.36. The Morgan fingerprint density at radius 3 is 1.93 bits per heavy atom. The van der Waals surface area contributed by atoms with Crippen molar-refractivity contribution >= 4 is 31.1 Å². The standard InChI is InChI=1S/C13H10SSe/c15-13(11-7-3-1-4-8-11)14-12-9-5-2-6-10-12/h1-10H. The van der Waals surface area contributed by atoms with Crippen LogP contribution in [0.4, 0.5) is 0 Å². The molecular formula is C13H10SSe. The zero-order chi connectivity index (χ0) is 10.5. The molecule has 15 heavy (non-hydrogen) atoms. The Labute approximate surface area is 102 Å². The maximum atomic E-state index is 3.12. The van der Waals surface area contributed by atoms with Gasteiger partial charge >= 0.3 is 102 Å². The SMILES string of the molecule is [Se]=C(Sc1ccccc1)c1ccccc1. The molecule has 2 aromatic carbocycles. The van der Waals surface area contributed by atoms with E-state index in [2.05, 4.69) is 64.1 Å². The molecule has 0 N–H and O–H groups in total.